The SMILES string of the molecule is [CH2]CN(Cc1ccccc1)C(=O)C1CCCC1. The van der Waals surface area contributed by atoms with Crippen LogP contribution in [0.5, 0.6) is 0 Å². The van der Waals surface area contributed by atoms with Gasteiger partial charge in [-0.2, -0.15) is 0 Å². The summed E-state index contributed by atoms with van der Waals surface area (Å²) in [6.45, 7) is 5.13. The number of benzene rings is 1. The molecule has 2 nitrogen and oxygen atoms in total. The molecule has 0 aromatic heterocycles. The van der Waals surface area contributed by atoms with E-state index in [1.54, 1.807) is 0 Å². The highest BCUT2D eigenvalue weighted by atomic mass is 16.2. The molecule has 1 aromatic rings. The Kier molecular flexibility index (Phi) is 4.18. The second-order valence-electron chi connectivity index (χ2n) is 4.73. The van der Waals surface area contributed by atoms with Crippen LogP contribution in [0.1, 0.15) is 31.2 Å². The van der Waals surface area contributed by atoms with E-state index in [4.69, 9.17) is 0 Å². The second-order valence-corrected chi connectivity index (χ2v) is 4.73. The zero-order chi connectivity index (χ0) is 12.1. The van der Waals surface area contributed by atoms with Gasteiger partial charge >= 0.3 is 0 Å². The predicted octanol–water partition coefficient (Wildman–Crippen LogP) is 3.04. The van der Waals surface area contributed by atoms with Crippen LogP contribution < -0.4 is 0 Å². The summed E-state index contributed by atoms with van der Waals surface area (Å²) in [4.78, 5) is 14.1. The Balaban J connectivity index is 1.98. The lowest BCUT2D eigenvalue weighted by Crippen LogP contribution is -2.34. The number of carbonyl (C=O) groups is 1. The molecule has 1 aliphatic carbocycles. The van der Waals surface area contributed by atoms with Gasteiger partial charge < -0.3 is 4.90 Å². The van der Waals surface area contributed by atoms with Crippen molar-refractivity contribution in [2.45, 2.75) is 32.2 Å². The average molecular weight is 230 g/mol. The molecule has 2 rings (SSSR count). The van der Waals surface area contributed by atoms with Gasteiger partial charge in [-0.05, 0) is 25.3 Å². The molecule has 0 N–H and O–H groups in total. The molecule has 0 aliphatic heterocycles. The summed E-state index contributed by atoms with van der Waals surface area (Å²) in [5, 5.41) is 0. The fourth-order valence-electron chi connectivity index (χ4n) is 2.50. The Morgan fingerprint density at radius 1 is 1.24 bits per heavy atom. The smallest absolute Gasteiger partial charge is 0.225 e. The molecule has 0 bridgehead atoms. The van der Waals surface area contributed by atoms with Crippen molar-refractivity contribution < 1.29 is 4.79 Å². The van der Waals surface area contributed by atoms with Crippen molar-refractivity contribution in [3.8, 4) is 0 Å². The molecular formula is C15H20NO. The van der Waals surface area contributed by atoms with Crippen LogP contribution in [0, 0.1) is 12.8 Å². The minimum Gasteiger partial charge on any atom is -0.338 e. The first-order chi connectivity index (χ1) is 8.31. The molecule has 1 aromatic carbocycles. The van der Waals surface area contributed by atoms with Crippen LogP contribution in [0.15, 0.2) is 30.3 Å². The minimum absolute atomic E-state index is 0.250. The van der Waals surface area contributed by atoms with Gasteiger partial charge in [-0.15, -0.1) is 0 Å². The lowest BCUT2D eigenvalue weighted by atomic mass is 10.1. The zero-order valence-electron chi connectivity index (χ0n) is 10.3. The first kappa shape index (κ1) is 12.2. The van der Waals surface area contributed by atoms with E-state index >= 15 is 0 Å². The Hall–Kier alpha value is -1.31. The fourth-order valence-corrected chi connectivity index (χ4v) is 2.50. The molecule has 0 unspecified atom stereocenters. The van der Waals surface area contributed by atoms with Gasteiger partial charge in [0.2, 0.25) is 5.91 Å². The van der Waals surface area contributed by atoms with E-state index in [1.807, 2.05) is 23.1 Å². The van der Waals surface area contributed by atoms with Crippen LogP contribution in [0.25, 0.3) is 0 Å². The molecule has 91 valence electrons. The van der Waals surface area contributed by atoms with Crippen LogP contribution in [0.2, 0.25) is 0 Å². The van der Waals surface area contributed by atoms with Gasteiger partial charge in [-0.3, -0.25) is 4.79 Å². The number of hydrogen-bond acceptors (Lipinski definition) is 1. The fraction of sp³-hybridized carbons (Fsp3) is 0.467. The summed E-state index contributed by atoms with van der Waals surface area (Å²) in [6.07, 6.45) is 4.52. The Morgan fingerprint density at radius 2 is 1.88 bits per heavy atom. The van der Waals surface area contributed by atoms with Crippen LogP contribution in [0.3, 0.4) is 0 Å². The third-order valence-corrected chi connectivity index (χ3v) is 3.50. The molecule has 0 spiro atoms. The maximum Gasteiger partial charge on any atom is 0.225 e. The monoisotopic (exact) mass is 230 g/mol. The summed E-state index contributed by atoms with van der Waals surface area (Å²) in [5.74, 6) is 0.543. The van der Waals surface area contributed by atoms with Gasteiger partial charge in [0.05, 0.1) is 0 Å². The number of carbonyl (C=O) groups excluding carboxylic acids is 1. The van der Waals surface area contributed by atoms with Gasteiger partial charge in [0.1, 0.15) is 0 Å². The van der Waals surface area contributed by atoms with Crippen LogP contribution in [0.4, 0.5) is 0 Å². The first-order valence-corrected chi connectivity index (χ1v) is 6.43. The Labute approximate surface area is 104 Å². The van der Waals surface area contributed by atoms with E-state index in [1.165, 1.54) is 18.4 Å². The largest absolute Gasteiger partial charge is 0.338 e. The standard InChI is InChI=1S/C15H20NO/c1-2-16(12-13-8-4-3-5-9-13)15(17)14-10-6-7-11-14/h3-5,8-9,14H,1-2,6-7,10-12H2. The molecule has 1 saturated carbocycles. The molecule has 1 radical (unpaired) electrons. The van der Waals surface area contributed by atoms with Gasteiger partial charge in [-0.1, -0.05) is 43.2 Å². The van der Waals surface area contributed by atoms with Crippen molar-refractivity contribution in [3.05, 3.63) is 42.8 Å². The summed E-state index contributed by atoms with van der Waals surface area (Å²) in [6, 6.07) is 10.1. The lowest BCUT2D eigenvalue weighted by molar-refractivity contribution is -0.135. The lowest BCUT2D eigenvalue weighted by Gasteiger charge is -2.24. The van der Waals surface area contributed by atoms with Gasteiger partial charge in [-0.25, -0.2) is 0 Å². The highest BCUT2D eigenvalue weighted by molar-refractivity contribution is 5.79. The van der Waals surface area contributed by atoms with Crippen molar-refractivity contribution >= 4 is 5.91 Å². The van der Waals surface area contributed by atoms with Crippen molar-refractivity contribution in [1.82, 2.24) is 4.90 Å². The van der Waals surface area contributed by atoms with Gasteiger partial charge in [0.15, 0.2) is 0 Å². The minimum atomic E-state index is 0.250. The first-order valence-electron chi connectivity index (χ1n) is 6.43. The van der Waals surface area contributed by atoms with Crippen LogP contribution in [-0.4, -0.2) is 17.4 Å². The number of rotatable bonds is 4. The van der Waals surface area contributed by atoms with Gasteiger partial charge in [0.25, 0.3) is 0 Å². The van der Waals surface area contributed by atoms with Crippen molar-refractivity contribution in [2.24, 2.45) is 5.92 Å². The van der Waals surface area contributed by atoms with Crippen molar-refractivity contribution in [3.63, 3.8) is 0 Å². The van der Waals surface area contributed by atoms with Crippen LogP contribution >= 0.6 is 0 Å². The maximum atomic E-state index is 12.3. The van der Waals surface area contributed by atoms with Crippen LogP contribution in [-0.2, 0) is 11.3 Å². The summed E-state index contributed by atoms with van der Waals surface area (Å²) in [7, 11) is 0. The summed E-state index contributed by atoms with van der Waals surface area (Å²) >= 11 is 0. The van der Waals surface area contributed by atoms with E-state index in [2.05, 4.69) is 19.1 Å². The quantitative estimate of drug-likeness (QED) is 0.778. The average Bonchev–Trinajstić information content (AvgIpc) is 2.90. The molecule has 17 heavy (non-hydrogen) atoms. The molecule has 2 heteroatoms. The van der Waals surface area contributed by atoms with Crippen molar-refractivity contribution in [2.75, 3.05) is 6.54 Å². The van der Waals surface area contributed by atoms with E-state index in [0.717, 1.165) is 12.8 Å². The topological polar surface area (TPSA) is 20.3 Å². The highest BCUT2D eigenvalue weighted by Gasteiger charge is 2.26. The third kappa shape index (κ3) is 3.09. The molecule has 0 saturated heterocycles. The van der Waals surface area contributed by atoms with Crippen molar-refractivity contribution in [1.29, 1.82) is 0 Å². The summed E-state index contributed by atoms with van der Waals surface area (Å²) < 4.78 is 0. The molecular weight excluding hydrogens is 210 g/mol. The maximum absolute atomic E-state index is 12.3. The number of hydrogen-bond donors (Lipinski definition) is 0. The van der Waals surface area contributed by atoms with E-state index in [-0.39, 0.29) is 5.92 Å². The predicted molar refractivity (Wildman–Crippen MR) is 69.2 cm³/mol. The highest BCUT2D eigenvalue weighted by Crippen LogP contribution is 2.26. The Bertz CT molecular complexity index is 354. The normalized spacial score (nSPS) is 16.1. The van der Waals surface area contributed by atoms with E-state index in [9.17, 15) is 4.79 Å². The third-order valence-electron chi connectivity index (χ3n) is 3.50. The number of amides is 1. The molecule has 1 fully saturated rings. The zero-order valence-corrected chi connectivity index (χ0v) is 10.3. The number of nitrogens with zero attached hydrogens (tertiary/aromatic N) is 1. The van der Waals surface area contributed by atoms with Gasteiger partial charge in [0, 0.05) is 19.0 Å². The van der Waals surface area contributed by atoms with E-state index in [0.29, 0.717) is 19.0 Å². The second kappa shape index (κ2) is 5.85. The Morgan fingerprint density at radius 3 is 2.47 bits per heavy atom. The molecule has 1 aliphatic rings. The molecule has 1 amide bonds. The molecule has 0 heterocycles. The summed E-state index contributed by atoms with van der Waals surface area (Å²) in [5.41, 5.74) is 1.18. The van der Waals surface area contributed by atoms with E-state index < -0.39 is 0 Å². The molecule has 0 atom stereocenters.